The van der Waals surface area contributed by atoms with Gasteiger partial charge in [-0.05, 0) is 31.5 Å². The van der Waals surface area contributed by atoms with E-state index < -0.39 is 0 Å². The summed E-state index contributed by atoms with van der Waals surface area (Å²) >= 11 is 0. The average Bonchev–Trinajstić information content (AvgIpc) is 2.86. The highest BCUT2D eigenvalue weighted by molar-refractivity contribution is 6.04. The summed E-state index contributed by atoms with van der Waals surface area (Å²) in [7, 11) is 0. The minimum absolute atomic E-state index is 0.0249. The maximum atomic E-state index is 12.2. The molecule has 2 rings (SSSR count). The van der Waals surface area contributed by atoms with Gasteiger partial charge in [0.2, 0.25) is 5.88 Å². The van der Waals surface area contributed by atoms with E-state index in [1.165, 1.54) is 0 Å². The van der Waals surface area contributed by atoms with Gasteiger partial charge in [-0.25, -0.2) is 0 Å². The molecule has 0 fully saturated rings. The van der Waals surface area contributed by atoms with Crippen LogP contribution in [0.25, 0.3) is 0 Å². The second kappa shape index (κ2) is 6.73. The number of nitrogens with zero attached hydrogens (tertiary/aromatic N) is 1. The van der Waals surface area contributed by atoms with Crippen LogP contribution in [0.4, 0.5) is 5.88 Å². The average molecular weight is 284 g/mol. The van der Waals surface area contributed by atoms with E-state index in [9.17, 15) is 4.79 Å². The SMILES string of the molecule is Cc1cc(NC(=O)c2cc(C#CCCO)ccc2C)on1. The smallest absolute Gasteiger partial charge is 0.258 e. The number of aliphatic hydroxyl groups is 1. The monoisotopic (exact) mass is 284 g/mol. The molecule has 0 saturated heterocycles. The number of carbonyl (C=O) groups is 1. The van der Waals surface area contributed by atoms with Gasteiger partial charge < -0.3 is 9.63 Å². The number of hydrogen-bond donors (Lipinski definition) is 2. The number of amides is 1. The summed E-state index contributed by atoms with van der Waals surface area (Å²) in [6.07, 6.45) is 0.409. The number of aromatic nitrogens is 1. The van der Waals surface area contributed by atoms with E-state index in [4.69, 9.17) is 9.63 Å². The van der Waals surface area contributed by atoms with Crippen LogP contribution in [0, 0.1) is 25.7 Å². The number of rotatable bonds is 3. The fourth-order valence-corrected chi connectivity index (χ4v) is 1.77. The van der Waals surface area contributed by atoms with Gasteiger partial charge in [0.15, 0.2) is 0 Å². The minimum Gasteiger partial charge on any atom is -0.395 e. The molecule has 0 aliphatic heterocycles. The van der Waals surface area contributed by atoms with Crippen molar-refractivity contribution in [1.29, 1.82) is 0 Å². The van der Waals surface area contributed by atoms with Crippen LogP contribution in [-0.2, 0) is 0 Å². The second-order valence-electron chi connectivity index (χ2n) is 4.59. The molecule has 0 unspecified atom stereocenters. The molecule has 0 spiro atoms. The van der Waals surface area contributed by atoms with Gasteiger partial charge in [0.25, 0.3) is 5.91 Å². The van der Waals surface area contributed by atoms with Gasteiger partial charge >= 0.3 is 0 Å². The van der Waals surface area contributed by atoms with Crippen molar-refractivity contribution in [2.24, 2.45) is 0 Å². The largest absolute Gasteiger partial charge is 0.395 e. The van der Waals surface area contributed by atoms with E-state index in [2.05, 4.69) is 22.3 Å². The molecule has 108 valence electrons. The van der Waals surface area contributed by atoms with Crippen LogP contribution < -0.4 is 5.32 Å². The number of hydrogen-bond acceptors (Lipinski definition) is 4. The Morgan fingerprint density at radius 2 is 2.19 bits per heavy atom. The van der Waals surface area contributed by atoms with Crippen molar-refractivity contribution in [3.63, 3.8) is 0 Å². The van der Waals surface area contributed by atoms with E-state index in [0.717, 1.165) is 11.1 Å². The number of anilines is 1. The first kappa shape index (κ1) is 14.8. The van der Waals surface area contributed by atoms with Crippen LogP contribution in [0.1, 0.15) is 33.6 Å². The number of carbonyl (C=O) groups excluding carboxylic acids is 1. The van der Waals surface area contributed by atoms with E-state index in [-0.39, 0.29) is 12.5 Å². The van der Waals surface area contributed by atoms with Crippen molar-refractivity contribution in [1.82, 2.24) is 5.16 Å². The van der Waals surface area contributed by atoms with E-state index >= 15 is 0 Å². The van der Waals surface area contributed by atoms with Gasteiger partial charge in [0.1, 0.15) is 0 Å². The van der Waals surface area contributed by atoms with Crippen LogP contribution in [0.3, 0.4) is 0 Å². The molecule has 1 amide bonds. The van der Waals surface area contributed by atoms with Gasteiger partial charge in [0.05, 0.1) is 12.3 Å². The lowest BCUT2D eigenvalue weighted by Crippen LogP contribution is -2.13. The van der Waals surface area contributed by atoms with E-state index in [1.807, 2.05) is 19.1 Å². The second-order valence-corrected chi connectivity index (χ2v) is 4.59. The molecule has 0 aliphatic carbocycles. The lowest BCUT2D eigenvalue weighted by Gasteiger charge is -2.05. The normalized spacial score (nSPS) is 9.86. The number of benzene rings is 1. The highest BCUT2D eigenvalue weighted by Gasteiger charge is 2.12. The third-order valence-corrected chi connectivity index (χ3v) is 2.82. The standard InChI is InChI=1S/C16H16N2O3/c1-11-6-7-13(5-3-4-8-19)10-14(11)16(20)17-15-9-12(2)18-21-15/h6-7,9-10,19H,4,8H2,1-2H3,(H,17,20). The van der Waals surface area contributed by atoms with Gasteiger partial charge in [0, 0.05) is 23.6 Å². The highest BCUT2D eigenvalue weighted by Crippen LogP contribution is 2.15. The molecule has 21 heavy (non-hydrogen) atoms. The van der Waals surface area contributed by atoms with Gasteiger partial charge in [-0.2, -0.15) is 0 Å². The Bertz CT molecular complexity index is 708. The molecule has 0 aliphatic rings. The summed E-state index contributed by atoms with van der Waals surface area (Å²) in [5.74, 6) is 5.78. The Morgan fingerprint density at radius 3 is 2.86 bits per heavy atom. The summed E-state index contributed by atoms with van der Waals surface area (Å²) in [4.78, 5) is 12.2. The van der Waals surface area contributed by atoms with Crippen LogP contribution >= 0.6 is 0 Å². The van der Waals surface area contributed by atoms with Crippen LogP contribution in [0.2, 0.25) is 0 Å². The molecule has 2 N–H and O–H groups in total. The Hall–Kier alpha value is -2.58. The summed E-state index contributed by atoms with van der Waals surface area (Å²) in [5, 5.41) is 15.1. The molecule has 0 atom stereocenters. The minimum atomic E-state index is -0.269. The number of aliphatic hydroxyl groups excluding tert-OH is 1. The molecular formula is C16H16N2O3. The first-order valence-electron chi connectivity index (χ1n) is 6.55. The van der Waals surface area contributed by atoms with E-state index in [0.29, 0.717) is 23.6 Å². The molecule has 2 aromatic rings. The molecule has 1 heterocycles. The first-order chi connectivity index (χ1) is 10.1. The topological polar surface area (TPSA) is 75.4 Å². The third kappa shape index (κ3) is 3.94. The van der Waals surface area contributed by atoms with Crippen LogP contribution in [0.5, 0.6) is 0 Å². The zero-order valence-corrected chi connectivity index (χ0v) is 11.9. The molecule has 0 bridgehead atoms. The Balaban J connectivity index is 2.20. The van der Waals surface area contributed by atoms with Crippen molar-refractivity contribution < 1.29 is 14.4 Å². The Morgan fingerprint density at radius 1 is 1.38 bits per heavy atom. The molecule has 5 heteroatoms. The number of nitrogens with one attached hydrogen (secondary N) is 1. The lowest BCUT2D eigenvalue weighted by molar-refractivity contribution is 0.102. The molecule has 0 radical (unpaired) electrons. The molecule has 1 aromatic heterocycles. The van der Waals surface area contributed by atoms with Crippen molar-refractivity contribution >= 4 is 11.8 Å². The van der Waals surface area contributed by atoms with Crippen molar-refractivity contribution in [3.05, 3.63) is 46.6 Å². The summed E-state index contributed by atoms with van der Waals surface area (Å²) in [5.41, 5.74) is 2.80. The van der Waals surface area contributed by atoms with Gasteiger partial charge in [-0.3, -0.25) is 10.1 Å². The quantitative estimate of drug-likeness (QED) is 0.848. The summed E-state index contributed by atoms with van der Waals surface area (Å²) in [6.45, 7) is 3.66. The van der Waals surface area contributed by atoms with Crippen LogP contribution in [0.15, 0.2) is 28.8 Å². The Labute approximate surface area is 123 Å². The zero-order chi connectivity index (χ0) is 15.2. The third-order valence-electron chi connectivity index (χ3n) is 2.82. The lowest BCUT2D eigenvalue weighted by atomic mass is 10.0. The highest BCUT2D eigenvalue weighted by atomic mass is 16.5. The number of aryl methyl sites for hydroxylation is 2. The van der Waals surface area contributed by atoms with Gasteiger partial charge in [-0.1, -0.05) is 23.1 Å². The molecule has 0 saturated carbocycles. The Kier molecular flexibility index (Phi) is 4.75. The molecular weight excluding hydrogens is 268 g/mol. The van der Waals surface area contributed by atoms with Crippen molar-refractivity contribution in [2.75, 3.05) is 11.9 Å². The fraction of sp³-hybridized carbons (Fsp3) is 0.250. The van der Waals surface area contributed by atoms with Crippen LogP contribution in [-0.4, -0.2) is 22.8 Å². The predicted octanol–water partition coefficient (Wildman–Crippen LogP) is 2.28. The van der Waals surface area contributed by atoms with E-state index in [1.54, 1.807) is 19.1 Å². The van der Waals surface area contributed by atoms with Gasteiger partial charge in [-0.15, -0.1) is 0 Å². The first-order valence-corrected chi connectivity index (χ1v) is 6.55. The zero-order valence-electron chi connectivity index (χ0n) is 11.9. The molecule has 5 nitrogen and oxygen atoms in total. The fourth-order valence-electron chi connectivity index (χ4n) is 1.77. The summed E-state index contributed by atoms with van der Waals surface area (Å²) in [6, 6.07) is 7.05. The molecule has 1 aromatic carbocycles. The van der Waals surface area contributed by atoms with Crippen molar-refractivity contribution in [3.8, 4) is 11.8 Å². The van der Waals surface area contributed by atoms with Crippen molar-refractivity contribution in [2.45, 2.75) is 20.3 Å². The maximum absolute atomic E-state index is 12.2. The maximum Gasteiger partial charge on any atom is 0.258 e. The summed E-state index contributed by atoms with van der Waals surface area (Å²) < 4.78 is 4.97. The predicted molar refractivity (Wildman–Crippen MR) is 79.0 cm³/mol.